The van der Waals surface area contributed by atoms with Crippen molar-refractivity contribution in [3.05, 3.63) is 18.2 Å². The molecule has 3 rings (SSSR count). The summed E-state index contributed by atoms with van der Waals surface area (Å²) in [4.78, 5) is 13.2. The predicted octanol–water partition coefficient (Wildman–Crippen LogP) is 3.34. The molecule has 31 heavy (non-hydrogen) atoms. The van der Waals surface area contributed by atoms with Crippen LogP contribution in [0.5, 0.6) is 11.5 Å². The molecular weight excluding hydrogens is 416 g/mol. The van der Waals surface area contributed by atoms with Crippen LogP contribution in [0.4, 0.5) is 0 Å². The Bertz CT molecular complexity index is 911. The van der Waals surface area contributed by atoms with Crippen LogP contribution in [0.1, 0.15) is 53.4 Å². The van der Waals surface area contributed by atoms with Gasteiger partial charge in [-0.05, 0) is 75.3 Å². The van der Waals surface area contributed by atoms with E-state index in [1.165, 1.54) is 32.8 Å². The third-order valence-corrected chi connectivity index (χ3v) is 8.51. The molecule has 0 spiro atoms. The number of methoxy groups -OCH3 is 2. The molecular formula is C23H36N2O5S. The van der Waals surface area contributed by atoms with E-state index in [-0.39, 0.29) is 22.6 Å². The highest BCUT2D eigenvalue weighted by Crippen LogP contribution is 2.45. The van der Waals surface area contributed by atoms with Crippen LogP contribution in [-0.2, 0) is 14.8 Å². The fraction of sp³-hybridized carbons (Fsp3) is 0.696. The Morgan fingerprint density at radius 1 is 1.06 bits per heavy atom. The van der Waals surface area contributed by atoms with Crippen molar-refractivity contribution in [2.45, 2.75) is 69.9 Å². The molecule has 2 N–H and O–H groups in total. The average molecular weight is 453 g/mol. The zero-order valence-corrected chi connectivity index (χ0v) is 20.2. The van der Waals surface area contributed by atoms with E-state index < -0.39 is 15.6 Å². The summed E-state index contributed by atoms with van der Waals surface area (Å²) in [5.74, 6) is 2.59. The lowest BCUT2D eigenvalue weighted by Crippen LogP contribution is -2.60. The number of nitrogens with one attached hydrogen (secondary N) is 2. The molecule has 7 nitrogen and oxygen atoms in total. The third kappa shape index (κ3) is 5.17. The fourth-order valence-corrected chi connectivity index (χ4v) is 6.98. The first-order valence-electron chi connectivity index (χ1n) is 11.0. The normalized spacial score (nSPS) is 28.6. The molecule has 2 saturated carbocycles. The summed E-state index contributed by atoms with van der Waals surface area (Å²) in [6.45, 7) is 7.67. The van der Waals surface area contributed by atoms with Gasteiger partial charge in [-0.15, -0.1) is 0 Å². The van der Waals surface area contributed by atoms with Crippen molar-refractivity contribution in [1.29, 1.82) is 0 Å². The van der Waals surface area contributed by atoms with Crippen LogP contribution in [0.25, 0.3) is 0 Å². The van der Waals surface area contributed by atoms with Gasteiger partial charge in [0.15, 0.2) is 0 Å². The molecule has 1 aromatic rings. The van der Waals surface area contributed by atoms with Gasteiger partial charge in [0.2, 0.25) is 15.9 Å². The van der Waals surface area contributed by atoms with Crippen LogP contribution in [0.2, 0.25) is 0 Å². The molecule has 2 bridgehead atoms. The standard InChI is InChI=1S/C23H36N2O5S/c1-14-9-16-11-15(2)21(17(10-14)12-16)24-22(26)23(3,4)25-31(27,28)20-8-7-18(29-5)13-19(20)30-6/h7-8,13-17,21,25H,9-12H2,1-6H3,(H,24,26). The highest BCUT2D eigenvalue weighted by Gasteiger charge is 2.43. The minimum absolute atomic E-state index is 0.0355. The first kappa shape index (κ1) is 23.9. The maximum atomic E-state index is 13.2. The van der Waals surface area contributed by atoms with Crippen LogP contribution in [0, 0.1) is 23.7 Å². The lowest BCUT2D eigenvalue weighted by atomic mass is 9.63. The number of ether oxygens (including phenoxy) is 2. The Kier molecular flexibility index (Phi) is 6.91. The molecule has 2 fully saturated rings. The monoisotopic (exact) mass is 452 g/mol. The molecule has 1 amide bonds. The van der Waals surface area contributed by atoms with Crippen LogP contribution >= 0.6 is 0 Å². The van der Waals surface area contributed by atoms with E-state index >= 15 is 0 Å². The third-order valence-electron chi connectivity index (χ3n) is 6.82. The molecule has 0 aromatic heterocycles. The van der Waals surface area contributed by atoms with E-state index in [2.05, 4.69) is 23.9 Å². The molecule has 2 aliphatic carbocycles. The molecule has 0 aliphatic heterocycles. The molecule has 0 heterocycles. The number of hydrogen-bond acceptors (Lipinski definition) is 5. The summed E-state index contributed by atoms with van der Waals surface area (Å²) in [6.07, 6.45) is 4.65. The first-order chi connectivity index (χ1) is 14.5. The van der Waals surface area contributed by atoms with Gasteiger partial charge in [-0.3, -0.25) is 4.79 Å². The second-order valence-electron chi connectivity index (χ2n) is 9.90. The highest BCUT2D eigenvalue weighted by molar-refractivity contribution is 7.89. The largest absolute Gasteiger partial charge is 0.497 e. The van der Waals surface area contributed by atoms with Gasteiger partial charge in [0.25, 0.3) is 0 Å². The lowest BCUT2D eigenvalue weighted by molar-refractivity contribution is -0.128. The van der Waals surface area contributed by atoms with E-state index in [9.17, 15) is 13.2 Å². The Labute approximate surface area is 186 Å². The van der Waals surface area contributed by atoms with Crippen LogP contribution in [0.3, 0.4) is 0 Å². The molecule has 0 saturated heterocycles. The van der Waals surface area contributed by atoms with E-state index in [0.717, 1.165) is 25.2 Å². The molecule has 174 valence electrons. The minimum atomic E-state index is -4.00. The van der Waals surface area contributed by atoms with Crippen LogP contribution < -0.4 is 19.5 Å². The zero-order chi connectivity index (χ0) is 23.0. The topological polar surface area (TPSA) is 93.7 Å². The maximum Gasteiger partial charge on any atom is 0.245 e. The highest BCUT2D eigenvalue weighted by atomic mass is 32.2. The van der Waals surface area contributed by atoms with E-state index in [1.807, 2.05) is 0 Å². The lowest BCUT2D eigenvalue weighted by Gasteiger charge is -2.47. The Morgan fingerprint density at radius 3 is 2.42 bits per heavy atom. The van der Waals surface area contributed by atoms with E-state index in [0.29, 0.717) is 23.5 Å². The summed E-state index contributed by atoms with van der Waals surface area (Å²) < 4.78 is 39.1. The molecule has 0 radical (unpaired) electrons. The van der Waals surface area contributed by atoms with Crippen molar-refractivity contribution in [2.24, 2.45) is 23.7 Å². The van der Waals surface area contributed by atoms with Crippen molar-refractivity contribution in [3.63, 3.8) is 0 Å². The quantitative estimate of drug-likeness (QED) is 0.662. The number of hydrogen-bond donors (Lipinski definition) is 2. The smallest absolute Gasteiger partial charge is 0.245 e. The van der Waals surface area contributed by atoms with Gasteiger partial charge in [0, 0.05) is 12.1 Å². The van der Waals surface area contributed by atoms with Gasteiger partial charge in [0.05, 0.1) is 14.2 Å². The number of benzene rings is 1. The number of carbonyl (C=O) groups excluding carboxylic acids is 1. The summed E-state index contributed by atoms with van der Waals surface area (Å²) in [5, 5.41) is 3.19. The molecule has 1 aromatic carbocycles. The Morgan fingerprint density at radius 2 is 1.77 bits per heavy atom. The summed E-state index contributed by atoms with van der Waals surface area (Å²) >= 11 is 0. The summed E-state index contributed by atoms with van der Waals surface area (Å²) in [7, 11) is -1.11. The van der Waals surface area contributed by atoms with E-state index in [1.54, 1.807) is 19.9 Å². The number of carbonyl (C=O) groups is 1. The minimum Gasteiger partial charge on any atom is -0.497 e. The SMILES string of the molecule is COc1ccc(S(=O)(=O)NC(C)(C)C(=O)NC2C(C)CC3CC(C)CC2C3)c(OC)c1. The van der Waals surface area contributed by atoms with Gasteiger partial charge in [-0.2, -0.15) is 4.72 Å². The average Bonchev–Trinajstić information content (AvgIpc) is 2.68. The number of fused-ring (bicyclic) bond motifs is 2. The zero-order valence-electron chi connectivity index (χ0n) is 19.4. The summed E-state index contributed by atoms with van der Waals surface area (Å²) in [5.41, 5.74) is -1.32. The second-order valence-corrected chi connectivity index (χ2v) is 11.5. The van der Waals surface area contributed by atoms with Gasteiger partial charge in [-0.25, -0.2) is 8.42 Å². The summed E-state index contributed by atoms with van der Waals surface area (Å²) in [6, 6.07) is 4.55. The molecule has 8 heteroatoms. The van der Waals surface area contributed by atoms with Crippen molar-refractivity contribution in [3.8, 4) is 11.5 Å². The maximum absolute atomic E-state index is 13.2. The van der Waals surface area contributed by atoms with E-state index in [4.69, 9.17) is 9.47 Å². The molecule has 5 atom stereocenters. The fourth-order valence-electron chi connectivity index (χ4n) is 5.45. The van der Waals surface area contributed by atoms with Gasteiger partial charge >= 0.3 is 0 Å². The number of amides is 1. The van der Waals surface area contributed by atoms with Gasteiger partial charge in [-0.1, -0.05) is 13.8 Å². The predicted molar refractivity (Wildman–Crippen MR) is 120 cm³/mol. The molecule has 5 unspecified atom stereocenters. The van der Waals surface area contributed by atoms with Crippen molar-refractivity contribution < 1.29 is 22.7 Å². The van der Waals surface area contributed by atoms with Crippen molar-refractivity contribution >= 4 is 15.9 Å². The second kappa shape index (κ2) is 8.98. The van der Waals surface area contributed by atoms with Crippen molar-refractivity contribution in [2.75, 3.05) is 14.2 Å². The Hall–Kier alpha value is -1.80. The van der Waals surface area contributed by atoms with Gasteiger partial charge < -0.3 is 14.8 Å². The first-order valence-corrected chi connectivity index (χ1v) is 12.5. The van der Waals surface area contributed by atoms with Crippen molar-refractivity contribution in [1.82, 2.24) is 10.0 Å². The number of sulfonamides is 1. The number of rotatable bonds is 7. The van der Waals surface area contributed by atoms with Gasteiger partial charge in [0.1, 0.15) is 21.9 Å². The van der Waals surface area contributed by atoms with Crippen LogP contribution in [0.15, 0.2) is 23.1 Å². The Balaban J connectivity index is 1.76. The van der Waals surface area contributed by atoms with Crippen LogP contribution in [-0.4, -0.2) is 40.1 Å². The molecule has 2 aliphatic rings.